The van der Waals surface area contributed by atoms with Crippen LogP contribution in [-0.2, 0) is 4.79 Å². The van der Waals surface area contributed by atoms with E-state index in [1.54, 1.807) is 0 Å². The second-order valence-corrected chi connectivity index (χ2v) is 5.87. The van der Waals surface area contributed by atoms with Crippen LogP contribution in [0.3, 0.4) is 0 Å². The van der Waals surface area contributed by atoms with E-state index in [9.17, 15) is 4.79 Å². The molecule has 1 saturated heterocycles. The Morgan fingerprint density at radius 2 is 1.73 bits per heavy atom. The van der Waals surface area contributed by atoms with Gasteiger partial charge in [0.1, 0.15) is 0 Å². The molecular weight excluding hydrogens is 272 g/mol. The molecular formula is C19H18N2O. The standard InChI is InChI=1S/C19H18N2O/c1-20-17(11-12-19(20)22)16-13-21(14-7-3-2-4-8-14)18-10-6-5-9-15(16)18/h2-10,13,17H,11-12H2,1H3/t17-/m0/s1. The summed E-state index contributed by atoms with van der Waals surface area (Å²) in [7, 11) is 1.91. The maximum atomic E-state index is 11.9. The number of hydrogen-bond acceptors (Lipinski definition) is 1. The Morgan fingerprint density at radius 3 is 2.45 bits per heavy atom. The minimum absolute atomic E-state index is 0.183. The van der Waals surface area contributed by atoms with E-state index in [0.29, 0.717) is 6.42 Å². The highest BCUT2D eigenvalue weighted by molar-refractivity contribution is 5.88. The van der Waals surface area contributed by atoms with Gasteiger partial charge in [-0.2, -0.15) is 0 Å². The average molecular weight is 290 g/mol. The third-order valence-electron chi connectivity index (χ3n) is 4.63. The number of benzene rings is 2. The SMILES string of the molecule is CN1C(=O)CC[C@H]1c1cn(-c2ccccc2)c2ccccc12. The topological polar surface area (TPSA) is 25.2 Å². The minimum Gasteiger partial charge on any atom is -0.339 e. The van der Waals surface area contributed by atoms with Crippen molar-refractivity contribution in [1.82, 2.24) is 9.47 Å². The number of para-hydroxylation sites is 2. The highest BCUT2D eigenvalue weighted by atomic mass is 16.2. The van der Waals surface area contributed by atoms with Gasteiger partial charge in [-0.3, -0.25) is 4.79 Å². The largest absolute Gasteiger partial charge is 0.339 e. The van der Waals surface area contributed by atoms with E-state index in [2.05, 4.69) is 59.3 Å². The molecule has 0 radical (unpaired) electrons. The van der Waals surface area contributed by atoms with E-state index < -0.39 is 0 Å². The van der Waals surface area contributed by atoms with Crippen molar-refractivity contribution in [2.75, 3.05) is 7.05 Å². The van der Waals surface area contributed by atoms with Gasteiger partial charge in [-0.15, -0.1) is 0 Å². The molecule has 3 aromatic rings. The Labute approximate surface area is 129 Å². The molecule has 3 heteroatoms. The van der Waals surface area contributed by atoms with E-state index in [0.717, 1.165) is 12.1 Å². The molecule has 2 aromatic carbocycles. The molecule has 110 valence electrons. The number of aromatic nitrogens is 1. The van der Waals surface area contributed by atoms with Gasteiger partial charge < -0.3 is 9.47 Å². The first-order chi connectivity index (χ1) is 10.8. The number of carbonyl (C=O) groups excluding carboxylic acids is 1. The van der Waals surface area contributed by atoms with Gasteiger partial charge in [0.25, 0.3) is 0 Å². The van der Waals surface area contributed by atoms with Gasteiger partial charge in [-0.25, -0.2) is 0 Å². The quantitative estimate of drug-likeness (QED) is 0.702. The molecule has 2 heterocycles. The fraction of sp³-hybridized carbons (Fsp3) is 0.211. The predicted octanol–water partition coefficient (Wildman–Crippen LogP) is 3.92. The zero-order valence-corrected chi connectivity index (χ0v) is 12.6. The van der Waals surface area contributed by atoms with Crippen molar-refractivity contribution in [1.29, 1.82) is 0 Å². The van der Waals surface area contributed by atoms with Crippen molar-refractivity contribution >= 4 is 16.8 Å². The lowest BCUT2D eigenvalue weighted by Gasteiger charge is -2.19. The maximum absolute atomic E-state index is 11.9. The van der Waals surface area contributed by atoms with Gasteiger partial charge in [0.2, 0.25) is 5.91 Å². The second-order valence-electron chi connectivity index (χ2n) is 5.87. The summed E-state index contributed by atoms with van der Waals surface area (Å²) in [6.45, 7) is 0. The predicted molar refractivity (Wildman–Crippen MR) is 88.0 cm³/mol. The Bertz CT molecular complexity index is 835. The molecule has 0 N–H and O–H groups in total. The molecule has 0 saturated carbocycles. The molecule has 1 aliphatic heterocycles. The third kappa shape index (κ3) is 1.93. The van der Waals surface area contributed by atoms with Crippen molar-refractivity contribution in [2.24, 2.45) is 0 Å². The summed E-state index contributed by atoms with van der Waals surface area (Å²) in [6, 6.07) is 19.0. The normalized spacial score (nSPS) is 18.3. The summed E-state index contributed by atoms with van der Waals surface area (Å²) in [6.07, 6.45) is 3.74. The fourth-order valence-corrected chi connectivity index (χ4v) is 3.44. The van der Waals surface area contributed by atoms with Crippen molar-refractivity contribution < 1.29 is 4.79 Å². The molecule has 1 atom stereocenters. The van der Waals surface area contributed by atoms with Gasteiger partial charge in [-0.05, 0) is 24.6 Å². The van der Waals surface area contributed by atoms with E-state index in [4.69, 9.17) is 0 Å². The summed E-state index contributed by atoms with van der Waals surface area (Å²) >= 11 is 0. The lowest BCUT2D eigenvalue weighted by atomic mass is 10.0. The van der Waals surface area contributed by atoms with Crippen LogP contribution in [-0.4, -0.2) is 22.4 Å². The highest BCUT2D eigenvalue weighted by Gasteiger charge is 2.31. The number of fused-ring (bicyclic) bond motifs is 1. The van der Waals surface area contributed by atoms with Gasteiger partial charge in [-0.1, -0.05) is 36.4 Å². The van der Waals surface area contributed by atoms with Crippen molar-refractivity contribution in [3.8, 4) is 5.69 Å². The van der Waals surface area contributed by atoms with Crippen LogP contribution in [0.15, 0.2) is 60.8 Å². The van der Waals surface area contributed by atoms with Crippen molar-refractivity contribution in [3.05, 3.63) is 66.4 Å². The minimum atomic E-state index is 0.183. The smallest absolute Gasteiger partial charge is 0.222 e. The Kier molecular flexibility index (Phi) is 3.00. The first-order valence-electron chi connectivity index (χ1n) is 7.67. The number of nitrogens with zero attached hydrogens (tertiary/aromatic N) is 2. The molecule has 1 aromatic heterocycles. The second kappa shape index (κ2) is 5.02. The Hall–Kier alpha value is -2.55. The van der Waals surface area contributed by atoms with Crippen LogP contribution in [0.4, 0.5) is 0 Å². The van der Waals surface area contributed by atoms with Gasteiger partial charge in [0.05, 0.1) is 11.6 Å². The summed E-state index contributed by atoms with van der Waals surface area (Å²) in [5.41, 5.74) is 3.58. The summed E-state index contributed by atoms with van der Waals surface area (Å²) in [5, 5.41) is 1.23. The monoisotopic (exact) mass is 290 g/mol. The molecule has 1 aliphatic rings. The third-order valence-corrected chi connectivity index (χ3v) is 4.63. The van der Waals surface area contributed by atoms with Gasteiger partial charge in [0.15, 0.2) is 0 Å². The van der Waals surface area contributed by atoms with Crippen LogP contribution in [0.25, 0.3) is 16.6 Å². The van der Waals surface area contributed by atoms with Crippen LogP contribution < -0.4 is 0 Å². The van der Waals surface area contributed by atoms with Crippen LogP contribution in [0.1, 0.15) is 24.4 Å². The Balaban J connectivity index is 1.92. The fourth-order valence-electron chi connectivity index (χ4n) is 3.44. The van der Waals surface area contributed by atoms with Crippen LogP contribution >= 0.6 is 0 Å². The molecule has 3 nitrogen and oxygen atoms in total. The number of likely N-dealkylation sites (tertiary alicyclic amines) is 1. The first kappa shape index (κ1) is 13.1. The molecule has 1 fully saturated rings. The zero-order valence-electron chi connectivity index (χ0n) is 12.6. The summed E-state index contributed by atoms with van der Waals surface area (Å²) in [4.78, 5) is 13.8. The van der Waals surface area contributed by atoms with Crippen molar-refractivity contribution in [3.63, 3.8) is 0 Å². The summed E-state index contributed by atoms with van der Waals surface area (Å²) < 4.78 is 2.22. The van der Waals surface area contributed by atoms with E-state index in [1.165, 1.54) is 16.5 Å². The van der Waals surface area contributed by atoms with E-state index in [-0.39, 0.29) is 11.9 Å². The number of rotatable bonds is 2. The first-order valence-corrected chi connectivity index (χ1v) is 7.67. The number of amides is 1. The zero-order chi connectivity index (χ0) is 15.1. The Morgan fingerprint density at radius 1 is 1.00 bits per heavy atom. The molecule has 0 aliphatic carbocycles. The summed E-state index contributed by atoms with van der Waals surface area (Å²) in [5.74, 6) is 0.238. The number of hydrogen-bond donors (Lipinski definition) is 0. The lowest BCUT2D eigenvalue weighted by Crippen LogP contribution is -2.22. The molecule has 0 unspecified atom stereocenters. The van der Waals surface area contributed by atoms with Crippen molar-refractivity contribution in [2.45, 2.75) is 18.9 Å². The molecule has 1 amide bonds. The number of carbonyl (C=O) groups is 1. The molecule has 0 bridgehead atoms. The molecule has 4 rings (SSSR count). The average Bonchev–Trinajstić information content (AvgIpc) is 3.10. The maximum Gasteiger partial charge on any atom is 0.222 e. The van der Waals surface area contributed by atoms with E-state index >= 15 is 0 Å². The molecule has 0 spiro atoms. The van der Waals surface area contributed by atoms with Gasteiger partial charge >= 0.3 is 0 Å². The van der Waals surface area contributed by atoms with E-state index in [1.807, 2.05) is 18.0 Å². The lowest BCUT2D eigenvalue weighted by molar-refractivity contribution is -0.127. The highest BCUT2D eigenvalue weighted by Crippen LogP contribution is 2.37. The van der Waals surface area contributed by atoms with Gasteiger partial charge in [0, 0.05) is 36.3 Å². The molecule has 22 heavy (non-hydrogen) atoms. The van der Waals surface area contributed by atoms with Crippen LogP contribution in [0.5, 0.6) is 0 Å². The van der Waals surface area contributed by atoms with Crippen LogP contribution in [0, 0.1) is 0 Å². The van der Waals surface area contributed by atoms with Crippen LogP contribution in [0.2, 0.25) is 0 Å².